The van der Waals surface area contributed by atoms with Gasteiger partial charge in [-0.3, -0.25) is 0 Å². The van der Waals surface area contributed by atoms with Crippen LogP contribution in [0.2, 0.25) is 0 Å². The van der Waals surface area contributed by atoms with Crippen molar-refractivity contribution in [3.63, 3.8) is 0 Å². The van der Waals surface area contributed by atoms with Crippen molar-refractivity contribution < 1.29 is 0 Å². The summed E-state index contributed by atoms with van der Waals surface area (Å²) in [6.07, 6.45) is 5.28. The van der Waals surface area contributed by atoms with Crippen molar-refractivity contribution in [2.24, 2.45) is 11.3 Å². The van der Waals surface area contributed by atoms with E-state index in [1.807, 2.05) is 0 Å². The van der Waals surface area contributed by atoms with Crippen LogP contribution in [0.25, 0.3) is 0 Å². The molecule has 0 bridgehead atoms. The third-order valence-electron chi connectivity index (χ3n) is 2.74. The Morgan fingerprint density at radius 2 is 1.79 bits per heavy atom. The first-order valence-electron chi connectivity index (χ1n) is 6.20. The van der Waals surface area contributed by atoms with E-state index >= 15 is 0 Å². The van der Waals surface area contributed by atoms with Crippen molar-refractivity contribution in [1.82, 2.24) is 5.32 Å². The standard InChI is InChI=1S/C13H29N/c1-6-10-14-11-12(7-2)8-9-13(3,4)5/h12,14H,6-11H2,1-5H3. The van der Waals surface area contributed by atoms with E-state index in [1.54, 1.807) is 0 Å². The first kappa shape index (κ1) is 14.0. The molecule has 1 heteroatoms. The molecule has 1 nitrogen and oxygen atoms in total. The van der Waals surface area contributed by atoms with Gasteiger partial charge in [0.15, 0.2) is 0 Å². The van der Waals surface area contributed by atoms with Crippen LogP contribution in [-0.2, 0) is 0 Å². The summed E-state index contributed by atoms with van der Waals surface area (Å²) in [6, 6.07) is 0. The molecule has 0 amide bonds. The summed E-state index contributed by atoms with van der Waals surface area (Å²) in [5.41, 5.74) is 0.498. The Bertz CT molecular complexity index is 124. The minimum Gasteiger partial charge on any atom is -0.316 e. The molecule has 0 heterocycles. The highest BCUT2D eigenvalue weighted by Gasteiger charge is 2.13. The molecule has 0 spiro atoms. The molecule has 0 aromatic rings. The second kappa shape index (κ2) is 7.28. The largest absolute Gasteiger partial charge is 0.316 e. The van der Waals surface area contributed by atoms with Crippen molar-refractivity contribution in [2.45, 2.75) is 60.3 Å². The molecule has 1 unspecified atom stereocenters. The Kier molecular flexibility index (Phi) is 7.26. The zero-order valence-corrected chi connectivity index (χ0v) is 10.8. The molecule has 14 heavy (non-hydrogen) atoms. The molecule has 0 aliphatic rings. The Morgan fingerprint density at radius 1 is 1.14 bits per heavy atom. The highest BCUT2D eigenvalue weighted by Crippen LogP contribution is 2.24. The van der Waals surface area contributed by atoms with Crippen LogP contribution in [0.15, 0.2) is 0 Å². The van der Waals surface area contributed by atoms with E-state index < -0.39 is 0 Å². The number of hydrogen-bond donors (Lipinski definition) is 1. The van der Waals surface area contributed by atoms with Crippen LogP contribution in [0.5, 0.6) is 0 Å². The van der Waals surface area contributed by atoms with Gasteiger partial charge < -0.3 is 5.32 Å². The third kappa shape index (κ3) is 8.55. The van der Waals surface area contributed by atoms with Gasteiger partial charge in [0, 0.05) is 0 Å². The van der Waals surface area contributed by atoms with Gasteiger partial charge in [-0.2, -0.15) is 0 Å². The molecule has 0 saturated carbocycles. The van der Waals surface area contributed by atoms with E-state index in [9.17, 15) is 0 Å². The second-order valence-electron chi connectivity index (χ2n) is 5.58. The van der Waals surface area contributed by atoms with E-state index in [1.165, 1.54) is 38.8 Å². The molecule has 86 valence electrons. The van der Waals surface area contributed by atoms with Gasteiger partial charge >= 0.3 is 0 Å². The molecule has 1 atom stereocenters. The predicted octanol–water partition coefficient (Wildman–Crippen LogP) is 3.84. The number of nitrogens with one attached hydrogen (secondary N) is 1. The molecule has 0 aromatic heterocycles. The summed E-state index contributed by atoms with van der Waals surface area (Å²) in [4.78, 5) is 0. The van der Waals surface area contributed by atoms with Crippen LogP contribution in [0, 0.1) is 11.3 Å². The van der Waals surface area contributed by atoms with Crippen molar-refractivity contribution in [2.75, 3.05) is 13.1 Å². The summed E-state index contributed by atoms with van der Waals surface area (Å²) >= 11 is 0. The second-order valence-corrected chi connectivity index (χ2v) is 5.58. The van der Waals surface area contributed by atoms with Gasteiger partial charge in [-0.1, -0.05) is 41.0 Å². The Labute approximate surface area is 90.7 Å². The highest BCUT2D eigenvalue weighted by molar-refractivity contribution is 4.67. The average Bonchev–Trinajstić information content (AvgIpc) is 2.09. The quantitative estimate of drug-likeness (QED) is 0.614. The Morgan fingerprint density at radius 3 is 2.21 bits per heavy atom. The molecule has 0 fully saturated rings. The van der Waals surface area contributed by atoms with Gasteiger partial charge in [0.1, 0.15) is 0 Å². The lowest BCUT2D eigenvalue weighted by Gasteiger charge is -2.22. The molecule has 1 N–H and O–H groups in total. The SMILES string of the molecule is CCCNCC(CC)CCC(C)(C)C. The fourth-order valence-electron chi connectivity index (χ4n) is 1.57. The van der Waals surface area contributed by atoms with Crippen molar-refractivity contribution in [3.8, 4) is 0 Å². The fraction of sp³-hybridized carbons (Fsp3) is 1.00. The smallest absolute Gasteiger partial charge is 0.00206 e. The summed E-state index contributed by atoms with van der Waals surface area (Å²) in [5.74, 6) is 0.876. The summed E-state index contributed by atoms with van der Waals surface area (Å²) in [6.45, 7) is 13.9. The Balaban J connectivity index is 3.58. The van der Waals surface area contributed by atoms with Crippen LogP contribution in [0.3, 0.4) is 0 Å². The maximum atomic E-state index is 3.52. The van der Waals surface area contributed by atoms with E-state index in [0.29, 0.717) is 5.41 Å². The maximum absolute atomic E-state index is 3.52. The molecule has 0 aliphatic heterocycles. The van der Waals surface area contributed by atoms with Crippen LogP contribution in [0.1, 0.15) is 60.3 Å². The van der Waals surface area contributed by atoms with Crippen LogP contribution >= 0.6 is 0 Å². The van der Waals surface area contributed by atoms with Crippen molar-refractivity contribution >= 4 is 0 Å². The zero-order valence-electron chi connectivity index (χ0n) is 10.8. The number of hydrogen-bond acceptors (Lipinski definition) is 1. The first-order valence-corrected chi connectivity index (χ1v) is 6.20. The van der Waals surface area contributed by atoms with Gasteiger partial charge in [0.2, 0.25) is 0 Å². The molecular weight excluding hydrogens is 170 g/mol. The highest BCUT2D eigenvalue weighted by atomic mass is 14.8. The molecular formula is C13H29N. The van der Waals surface area contributed by atoms with Crippen LogP contribution in [0.4, 0.5) is 0 Å². The van der Waals surface area contributed by atoms with E-state index in [4.69, 9.17) is 0 Å². The number of rotatable bonds is 7. The Hall–Kier alpha value is -0.0400. The lowest BCUT2D eigenvalue weighted by atomic mass is 9.86. The van der Waals surface area contributed by atoms with Crippen molar-refractivity contribution in [3.05, 3.63) is 0 Å². The van der Waals surface area contributed by atoms with Gasteiger partial charge in [-0.05, 0) is 43.7 Å². The van der Waals surface area contributed by atoms with E-state index in [2.05, 4.69) is 39.9 Å². The van der Waals surface area contributed by atoms with Gasteiger partial charge in [0.05, 0.1) is 0 Å². The van der Waals surface area contributed by atoms with Crippen LogP contribution < -0.4 is 5.32 Å². The summed E-state index contributed by atoms with van der Waals surface area (Å²) < 4.78 is 0. The topological polar surface area (TPSA) is 12.0 Å². The van der Waals surface area contributed by atoms with Gasteiger partial charge in [-0.15, -0.1) is 0 Å². The lowest BCUT2D eigenvalue weighted by Crippen LogP contribution is -2.24. The normalized spacial score (nSPS) is 14.4. The summed E-state index contributed by atoms with van der Waals surface area (Å²) in [5, 5.41) is 3.52. The maximum Gasteiger partial charge on any atom is -0.00206 e. The van der Waals surface area contributed by atoms with E-state index in [0.717, 1.165) is 5.92 Å². The van der Waals surface area contributed by atoms with Gasteiger partial charge in [-0.25, -0.2) is 0 Å². The molecule has 0 saturated heterocycles. The minimum absolute atomic E-state index is 0.498. The first-order chi connectivity index (χ1) is 6.49. The predicted molar refractivity (Wildman–Crippen MR) is 65.6 cm³/mol. The third-order valence-corrected chi connectivity index (χ3v) is 2.74. The molecule has 0 rings (SSSR count). The average molecular weight is 199 g/mol. The fourth-order valence-corrected chi connectivity index (χ4v) is 1.57. The monoisotopic (exact) mass is 199 g/mol. The van der Waals surface area contributed by atoms with Crippen molar-refractivity contribution in [1.29, 1.82) is 0 Å². The minimum atomic E-state index is 0.498. The molecule has 0 radical (unpaired) electrons. The van der Waals surface area contributed by atoms with Gasteiger partial charge in [0.25, 0.3) is 0 Å². The summed E-state index contributed by atoms with van der Waals surface area (Å²) in [7, 11) is 0. The zero-order chi connectivity index (χ0) is 11.0. The van der Waals surface area contributed by atoms with Crippen LogP contribution in [-0.4, -0.2) is 13.1 Å². The van der Waals surface area contributed by atoms with E-state index in [-0.39, 0.29) is 0 Å². The molecule has 0 aliphatic carbocycles. The molecule has 0 aromatic carbocycles. The lowest BCUT2D eigenvalue weighted by molar-refractivity contribution is 0.311.